The Morgan fingerprint density at radius 1 is 1.27 bits per heavy atom. The van der Waals surface area contributed by atoms with Gasteiger partial charge in [0.1, 0.15) is 0 Å². The van der Waals surface area contributed by atoms with E-state index in [1.165, 1.54) is 6.42 Å². The predicted molar refractivity (Wildman–Crippen MR) is 52.4 cm³/mol. The molecule has 1 unspecified atom stereocenters. The van der Waals surface area contributed by atoms with Crippen LogP contribution in [-0.4, -0.2) is 0 Å². The molecule has 0 fully saturated rings. The van der Waals surface area contributed by atoms with Crippen molar-refractivity contribution in [2.75, 3.05) is 0 Å². The maximum absolute atomic E-state index is 2.36. The first-order valence-corrected chi connectivity index (χ1v) is 4.75. The van der Waals surface area contributed by atoms with E-state index in [0.717, 1.165) is 11.8 Å². The molecule has 11 heavy (non-hydrogen) atoms. The smallest absolute Gasteiger partial charge is 0.0311 e. The quantitative estimate of drug-likeness (QED) is 0.577. The third-order valence-electron chi connectivity index (χ3n) is 2.89. The molecule has 0 aromatic rings. The van der Waals surface area contributed by atoms with Gasteiger partial charge < -0.3 is 0 Å². The first-order chi connectivity index (χ1) is 4.95. The third kappa shape index (κ3) is 2.84. The molecule has 1 atom stereocenters. The van der Waals surface area contributed by atoms with Gasteiger partial charge in [0.15, 0.2) is 0 Å². The summed E-state index contributed by atoms with van der Waals surface area (Å²) in [5, 5.41) is 0. The number of hydrogen-bond donors (Lipinski definition) is 0. The second-order valence-corrected chi connectivity index (χ2v) is 4.45. The summed E-state index contributed by atoms with van der Waals surface area (Å²) >= 11 is 0. The fourth-order valence-electron chi connectivity index (χ4n) is 1.97. The molecular formula is C11H23. The molecule has 0 aliphatic heterocycles. The zero-order chi connectivity index (χ0) is 9.07. The van der Waals surface area contributed by atoms with Gasteiger partial charge in [-0.15, -0.1) is 0 Å². The molecule has 0 aliphatic carbocycles. The Balaban J connectivity index is 4.23. The van der Waals surface area contributed by atoms with Gasteiger partial charge in [0.05, 0.1) is 0 Å². The van der Waals surface area contributed by atoms with Crippen molar-refractivity contribution >= 4 is 0 Å². The van der Waals surface area contributed by atoms with Gasteiger partial charge in [0.25, 0.3) is 0 Å². The highest BCUT2D eigenvalue weighted by Crippen LogP contribution is 2.36. The molecule has 0 aliphatic rings. The average molecular weight is 155 g/mol. The molecule has 0 aromatic heterocycles. The Morgan fingerprint density at radius 2 is 1.73 bits per heavy atom. The molecular weight excluding hydrogens is 132 g/mol. The topological polar surface area (TPSA) is 0 Å². The van der Waals surface area contributed by atoms with Crippen LogP contribution in [0.15, 0.2) is 0 Å². The number of rotatable bonds is 4. The minimum Gasteiger partial charge on any atom is -0.0649 e. The SMILES string of the molecule is C[CH]C(C(C)C)C(C)(C)CC. The molecule has 0 aromatic carbocycles. The van der Waals surface area contributed by atoms with Gasteiger partial charge in [-0.1, -0.05) is 48.0 Å². The molecule has 67 valence electrons. The van der Waals surface area contributed by atoms with E-state index >= 15 is 0 Å². The maximum Gasteiger partial charge on any atom is -0.0311 e. The van der Waals surface area contributed by atoms with Crippen molar-refractivity contribution in [1.29, 1.82) is 0 Å². The largest absolute Gasteiger partial charge is 0.0649 e. The lowest BCUT2D eigenvalue weighted by Crippen LogP contribution is -2.27. The van der Waals surface area contributed by atoms with E-state index in [2.05, 4.69) is 48.0 Å². The van der Waals surface area contributed by atoms with Crippen LogP contribution in [0.5, 0.6) is 0 Å². The average Bonchev–Trinajstić information content (AvgIpc) is 1.88. The van der Waals surface area contributed by atoms with Gasteiger partial charge in [0, 0.05) is 0 Å². The second kappa shape index (κ2) is 4.13. The summed E-state index contributed by atoms with van der Waals surface area (Å²) in [6.45, 7) is 13.8. The van der Waals surface area contributed by atoms with Gasteiger partial charge in [0.2, 0.25) is 0 Å². The van der Waals surface area contributed by atoms with E-state index in [9.17, 15) is 0 Å². The molecule has 0 bridgehead atoms. The van der Waals surface area contributed by atoms with Crippen LogP contribution in [-0.2, 0) is 0 Å². The molecule has 0 heteroatoms. The van der Waals surface area contributed by atoms with E-state index in [0.29, 0.717) is 5.41 Å². The summed E-state index contributed by atoms with van der Waals surface area (Å²) in [5.74, 6) is 1.53. The van der Waals surface area contributed by atoms with Gasteiger partial charge in [-0.2, -0.15) is 0 Å². The van der Waals surface area contributed by atoms with Crippen LogP contribution in [0.2, 0.25) is 0 Å². The fraction of sp³-hybridized carbons (Fsp3) is 0.909. The van der Waals surface area contributed by atoms with E-state index in [-0.39, 0.29) is 0 Å². The highest BCUT2D eigenvalue weighted by molar-refractivity contribution is 4.86. The van der Waals surface area contributed by atoms with Crippen LogP contribution in [0.4, 0.5) is 0 Å². The zero-order valence-corrected chi connectivity index (χ0v) is 8.94. The van der Waals surface area contributed by atoms with Gasteiger partial charge in [-0.05, 0) is 23.7 Å². The Labute approximate surface area is 72.4 Å². The molecule has 0 saturated carbocycles. The molecule has 0 heterocycles. The monoisotopic (exact) mass is 155 g/mol. The first-order valence-electron chi connectivity index (χ1n) is 4.75. The lowest BCUT2D eigenvalue weighted by atomic mass is 9.70. The van der Waals surface area contributed by atoms with E-state index in [1.54, 1.807) is 0 Å². The molecule has 0 spiro atoms. The van der Waals surface area contributed by atoms with Crippen LogP contribution >= 0.6 is 0 Å². The van der Waals surface area contributed by atoms with E-state index in [4.69, 9.17) is 0 Å². The fourth-order valence-corrected chi connectivity index (χ4v) is 1.97. The molecule has 1 radical (unpaired) electrons. The summed E-state index contributed by atoms with van der Waals surface area (Å²) in [6, 6.07) is 0. The van der Waals surface area contributed by atoms with Crippen molar-refractivity contribution in [1.82, 2.24) is 0 Å². The van der Waals surface area contributed by atoms with Gasteiger partial charge in [-0.25, -0.2) is 0 Å². The molecule has 0 amide bonds. The van der Waals surface area contributed by atoms with Crippen molar-refractivity contribution in [3.05, 3.63) is 6.42 Å². The van der Waals surface area contributed by atoms with E-state index in [1.807, 2.05) is 0 Å². The van der Waals surface area contributed by atoms with E-state index < -0.39 is 0 Å². The van der Waals surface area contributed by atoms with Crippen molar-refractivity contribution in [3.8, 4) is 0 Å². The Kier molecular flexibility index (Phi) is 4.13. The van der Waals surface area contributed by atoms with Crippen LogP contribution in [0.3, 0.4) is 0 Å². The summed E-state index contributed by atoms with van der Waals surface area (Å²) in [5.41, 5.74) is 0.475. The third-order valence-corrected chi connectivity index (χ3v) is 2.89. The Bertz CT molecular complexity index is 101. The van der Waals surface area contributed by atoms with Gasteiger partial charge in [-0.3, -0.25) is 0 Å². The van der Waals surface area contributed by atoms with Crippen molar-refractivity contribution in [2.24, 2.45) is 17.3 Å². The van der Waals surface area contributed by atoms with Crippen LogP contribution < -0.4 is 0 Å². The summed E-state index contributed by atoms with van der Waals surface area (Å²) in [4.78, 5) is 0. The lowest BCUT2D eigenvalue weighted by Gasteiger charge is -2.35. The molecule has 0 nitrogen and oxygen atoms in total. The van der Waals surface area contributed by atoms with Crippen molar-refractivity contribution < 1.29 is 0 Å². The molecule has 0 N–H and O–H groups in total. The molecule has 0 rings (SSSR count). The first kappa shape index (κ1) is 11.0. The predicted octanol–water partition coefficient (Wildman–Crippen LogP) is 3.92. The summed E-state index contributed by atoms with van der Waals surface area (Å²) in [7, 11) is 0. The minimum atomic E-state index is 0.475. The van der Waals surface area contributed by atoms with Crippen LogP contribution in [0.25, 0.3) is 0 Å². The van der Waals surface area contributed by atoms with Gasteiger partial charge >= 0.3 is 0 Å². The summed E-state index contributed by atoms with van der Waals surface area (Å²) in [6.07, 6.45) is 3.62. The summed E-state index contributed by atoms with van der Waals surface area (Å²) < 4.78 is 0. The highest BCUT2D eigenvalue weighted by Gasteiger charge is 2.28. The minimum absolute atomic E-state index is 0.475. The second-order valence-electron chi connectivity index (χ2n) is 4.45. The highest BCUT2D eigenvalue weighted by atomic mass is 14.3. The Hall–Kier alpha value is 0. The van der Waals surface area contributed by atoms with Crippen molar-refractivity contribution in [3.63, 3.8) is 0 Å². The zero-order valence-electron chi connectivity index (χ0n) is 8.94. The molecule has 0 saturated heterocycles. The standard InChI is InChI=1S/C11H23/c1-7-10(9(3)4)11(5,6)8-2/h7,9-10H,8H2,1-6H3. The number of hydrogen-bond acceptors (Lipinski definition) is 0. The van der Waals surface area contributed by atoms with Crippen molar-refractivity contribution in [2.45, 2.75) is 48.0 Å². The Morgan fingerprint density at radius 3 is 1.82 bits per heavy atom. The maximum atomic E-state index is 2.36. The van der Waals surface area contributed by atoms with Crippen LogP contribution in [0, 0.1) is 23.7 Å². The normalized spacial score (nSPS) is 15.5. The lowest BCUT2D eigenvalue weighted by molar-refractivity contribution is 0.181. The van der Waals surface area contributed by atoms with Crippen LogP contribution in [0.1, 0.15) is 48.0 Å².